The molecular formula is C11H11ClN2OS. The summed E-state index contributed by atoms with van der Waals surface area (Å²) >= 11 is 7.46. The van der Waals surface area contributed by atoms with Crippen LogP contribution in [0, 0.1) is 0 Å². The van der Waals surface area contributed by atoms with Gasteiger partial charge in [-0.05, 0) is 24.3 Å². The van der Waals surface area contributed by atoms with Crippen LogP contribution in [0.4, 0.5) is 0 Å². The number of benzene rings is 1. The first-order valence-electron chi connectivity index (χ1n) is 4.86. The lowest BCUT2D eigenvalue weighted by Crippen LogP contribution is -2.14. The van der Waals surface area contributed by atoms with E-state index in [4.69, 9.17) is 11.6 Å². The van der Waals surface area contributed by atoms with Crippen LogP contribution < -0.4 is 0 Å². The summed E-state index contributed by atoms with van der Waals surface area (Å²) < 4.78 is 0. The highest BCUT2D eigenvalue weighted by Crippen LogP contribution is 2.22. The van der Waals surface area contributed by atoms with Crippen LogP contribution >= 0.6 is 23.4 Å². The Morgan fingerprint density at radius 3 is 2.69 bits per heavy atom. The van der Waals surface area contributed by atoms with Gasteiger partial charge in [0, 0.05) is 22.7 Å². The van der Waals surface area contributed by atoms with Crippen molar-refractivity contribution in [1.29, 1.82) is 0 Å². The summed E-state index contributed by atoms with van der Waals surface area (Å²) in [6.45, 7) is 0. The number of halogens is 1. The second kappa shape index (κ2) is 4.89. The fourth-order valence-electron chi connectivity index (χ4n) is 1.37. The summed E-state index contributed by atoms with van der Waals surface area (Å²) in [4.78, 5) is 12.4. The Labute approximate surface area is 103 Å². The van der Waals surface area contributed by atoms with Gasteiger partial charge >= 0.3 is 0 Å². The SMILES string of the molecule is CN1N=C(CSc2ccc(Cl)cc2)CC1=O. The van der Waals surface area contributed by atoms with E-state index < -0.39 is 0 Å². The highest BCUT2D eigenvalue weighted by Gasteiger charge is 2.19. The van der Waals surface area contributed by atoms with E-state index in [1.807, 2.05) is 24.3 Å². The van der Waals surface area contributed by atoms with Crippen molar-refractivity contribution in [2.45, 2.75) is 11.3 Å². The van der Waals surface area contributed by atoms with Gasteiger partial charge < -0.3 is 0 Å². The van der Waals surface area contributed by atoms with Crippen LogP contribution in [-0.2, 0) is 4.79 Å². The molecule has 1 aliphatic rings. The van der Waals surface area contributed by atoms with Gasteiger partial charge in [-0.2, -0.15) is 5.10 Å². The lowest BCUT2D eigenvalue weighted by Gasteiger charge is -2.00. The number of carbonyl (C=O) groups is 1. The molecule has 0 atom stereocenters. The molecule has 0 saturated carbocycles. The minimum atomic E-state index is 0.0618. The van der Waals surface area contributed by atoms with E-state index in [1.165, 1.54) is 5.01 Å². The Kier molecular flexibility index (Phi) is 3.51. The number of carbonyl (C=O) groups excluding carboxylic acids is 1. The van der Waals surface area contributed by atoms with Crippen LogP contribution in [-0.4, -0.2) is 29.4 Å². The van der Waals surface area contributed by atoms with E-state index in [2.05, 4.69) is 5.10 Å². The molecule has 5 heteroatoms. The largest absolute Gasteiger partial charge is 0.273 e. The van der Waals surface area contributed by atoms with Gasteiger partial charge in [0.05, 0.1) is 12.1 Å². The average Bonchev–Trinajstić information content (AvgIpc) is 2.58. The molecule has 2 rings (SSSR count). The van der Waals surface area contributed by atoms with E-state index >= 15 is 0 Å². The Morgan fingerprint density at radius 1 is 1.44 bits per heavy atom. The molecule has 3 nitrogen and oxygen atoms in total. The van der Waals surface area contributed by atoms with Crippen LogP contribution in [0.15, 0.2) is 34.3 Å². The monoisotopic (exact) mass is 254 g/mol. The second-order valence-electron chi connectivity index (χ2n) is 3.50. The molecule has 0 N–H and O–H groups in total. The predicted octanol–water partition coefficient (Wildman–Crippen LogP) is 2.65. The molecule has 0 saturated heterocycles. The predicted molar refractivity (Wildman–Crippen MR) is 67.0 cm³/mol. The lowest BCUT2D eigenvalue weighted by atomic mass is 10.3. The Balaban J connectivity index is 1.91. The standard InChI is InChI=1S/C11H11ClN2OS/c1-14-11(15)6-9(13-14)7-16-10-4-2-8(12)3-5-10/h2-5H,6-7H2,1H3. The number of amides is 1. The number of nitrogens with zero attached hydrogens (tertiary/aromatic N) is 2. The maximum atomic E-state index is 11.2. The van der Waals surface area contributed by atoms with Gasteiger partial charge in [0.25, 0.3) is 0 Å². The van der Waals surface area contributed by atoms with Crippen molar-refractivity contribution < 1.29 is 4.79 Å². The molecule has 1 amide bonds. The number of hydrogen-bond acceptors (Lipinski definition) is 3. The molecule has 0 fully saturated rings. The maximum absolute atomic E-state index is 11.2. The molecule has 0 unspecified atom stereocenters. The van der Waals surface area contributed by atoms with Crippen molar-refractivity contribution in [3.8, 4) is 0 Å². The fraction of sp³-hybridized carbons (Fsp3) is 0.273. The first-order valence-corrected chi connectivity index (χ1v) is 6.23. The van der Waals surface area contributed by atoms with Gasteiger partial charge in [-0.15, -0.1) is 11.8 Å². The van der Waals surface area contributed by atoms with E-state index in [0.717, 1.165) is 21.4 Å². The molecule has 0 aromatic heterocycles. The van der Waals surface area contributed by atoms with Crippen LogP contribution in [0.1, 0.15) is 6.42 Å². The molecule has 1 heterocycles. The van der Waals surface area contributed by atoms with E-state index in [1.54, 1.807) is 18.8 Å². The molecule has 84 valence electrons. The third-order valence-corrected chi connectivity index (χ3v) is 3.56. The van der Waals surface area contributed by atoms with Gasteiger partial charge in [-0.3, -0.25) is 4.79 Å². The summed E-state index contributed by atoms with van der Waals surface area (Å²) in [5.41, 5.74) is 0.924. The first kappa shape index (κ1) is 11.5. The molecule has 16 heavy (non-hydrogen) atoms. The Hall–Kier alpha value is -1.00. The number of hydrazone groups is 1. The zero-order valence-corrected chi connectivity index (χ0v) is 10.4. The lowest BCUT2D eigenvalue weighted by molar-refractivity contribution is -0.127. The van der Waals surface area contributed by atoms with E-state index in [0.29, 0.717) is 6.42 Å². The molecule has 0 radical (unpaired) electrons. The van der Waals surface area contributed by atoms with Crippen LogP contribution in [0.25, 0.3) is 0 Å². The number of hydrogen-bond donors (Lipinski definition) is 0. The third kappa shape index (κ3) is 2.77. The second-order valence-corrected chi connectivity index (χ2v) is 4.99. The Bertz CT molecular complexity index is 430. The summed E-state index contributed by atoms with van der Waals surface area (Å²) in [5.74, 6) is 0.809. The maximum Gasteiger partial charge on any atom is 0.248 e. The van der Waals surface area contributed by atoms with E-state index in [9.17, 15) is 4.79 Å². The molecule has 1 aromatic carbocycles. The quantitative estimate of drug-likeness (QED) is 0.777. The summed E-state index contributed by atoms with van der Waals surface area (Å²) in [6.07, 6.45) is 0.442. The summed E-state index contributed by atoms with van der Waals surface area (Å²) in [7, 11) is 1.68. The number of rotatable bonds is 3. The van der Waals surface area contributed by atoms with Crippen molar-refractivity contribution in [2.75, 3.05) is 12.8 Å². The van der Waals surface area contributed by atoms with Crippen molar-refractivity contribution in [2.24, 2.45) is 5.10 Å². The minimum Gasteiger partial charge on any atom is -0.273 e. The molecule has 0 aliphatic carbocycles. The van der Waals surface area contributed by atoms with E-state index in [-0.39, 0.29) is 5.91 Å². The molecule has 0 spiro atoms. The van der Waals surface area contributed by atoms with Gasteiger partial charge in [0.2, 0.25) is 5.91 Å². The van der Waals surface area contributed by atoms with Crippen molar-refractivity contribution in [3.05, 3.63) is 29.3 Å². The topological polar surface area (TPSA) is 32.7 Å². The van der Waals surface area contributed by atoms with Gasteiger partial charge in [0.1, 0.15) is 0 Å². The van der Waals surface area contributed by atoms with Crippen LogP contribution in [0.5, 0.6) is 0 Å². The zero-order valence-electron chi connectivity index (χ0n) is 8.81. The third-order valence-electron chi connectivity index (χ3n) is 2.23. The fourth-order valence-corrected chi connectivity index (χ4v) is 2.32. The summed E-state index contributed by atoms with van der Waals surface area (Å²) in [6, 6.07) is 7.65. The minimum absolute atomic E-state index is 0.0618. The molecule has 0 bridgehead atoms. The first-order chi connectivity index (χ1) is 7.65. The summed E-state index contributed by atoms with van der Waals surface area (Å²) in [5, 5.41) is 6.29. The van der Waals surface area contributed by atoms with Crippen molar-refractivity contribution >= 4 is 35.0 Å². The van der Waals surface area contributed by atoms with Crippen LogP contribution in [0.2, 0.25) is 5.02 Å². The Morgan fingerprint density at radius 2 is 2.12 bits per heavy atom. The zero-order chi connectivity index (χ0) is 11.5. The van der Waals surface area contributed by atoms with Gasteiger partial charge in [0.15, 0.2) is 0 Å². The highest BCUT2D eigenvalue weighted by atomic mass is 35.5. The highest BCUT2D eigenvalue weighted by molar-refractivity contribution is 8.00. The smallest absolute Gasteiger partial charge is 0.248 e. The molecule has 1 aliphatic heterocycles. The van der Waals surface area contributed by atoms with Crippen LogP contribution in [0.3, 0.4) is 0 Å². The molecule has 1 aromatic rings. The molecular weight excluding hydrogens is 244 g/mol. The van der Waals surface area contributed by atoms with Crippen molar-refractivity contribution in [3.63, 3.8) is 0 Å². The normalized spacial score (nSPS) is 15.5. The number of thioether (sulfide) groups is 1. The van der Waals surface area contributed by atoms with Crippen molar-refractivity contribution in [1.82, 2.24) is 5.01 Å². The van der Waals surface area contributed by atoms with Gasteiger partial charge in [-0.1, -0.05) is 11.6 Å². The van der Waals surface area contributed by atoms with Gasteiger partial charge in [-0.25, -0.2) is 5.01 Å². The average molecular weight is 255 g/mol.